The number of carbonyl (C=O) groups is 8. The lowest BCUT2D eigenvalue weighted by molar-refractivity contribution is -0.145. The van der Waals surface area contributed by atoms with Crippen LogP contribution in [0.3, 0.4) is 0 Å². The number of β-amino-alcohol motifs (C(OH)–C–C–N with tert-alkyl or cyclic N) is 3. The van der Waals surface area contributed by atoms with Gasteiger partial charge in [-0.05, 0) is 135 Å². The van der Waals surface area contributed by atoms with E-state index < -0.39 is 76.2 Å². The molecule has 626 valence electrons. The predicted octanol–water partition coefficient (Wildman–Crippen LogP) is 13.3. The number of benzene rings is 3. The highest BCUT2D eigenvalue weighted by Crippen LogP contribution is 2.38. The number of hydrogen-bond acceptors (Lipinski definition) is 18. The lowest BCUT2D eigenvalue weighted by Gasteiger charge is -2.39. The van der Waals surface area contributed by atoms with Gasteiger partial charge in [0.25, 0.3) is 0 Å². The van der Waals surface area contributed by atoms with Gasteiger partial charge in [-0.25, -0.2) is 15.0 Å². The molecule has 0 unspecified atom stereocenters. The maximum atomic E-state index is 13.9. The van der Waals surface area contributed by atoms with Gasteiger partial charge in [-0.1, -0.05) is 185 Å². The van der Waals surface area contributed by atoms with E-state index in [1.807, 2.05) is 190 Å². The fourth-order valence-corrected chi connectivity index (χ4v) is 16.6. The molecule has 3 saturated heterocycles. The summed E-state index contributed by atoms with van der Waals surface area (Å²) in [5, 5.41) is 49.8. The van der Waals surface area contributed by atoms with Crippen LogP contribution in [0.4, 0.5) is 0 Å². The van der Waals surface area contributed by atoms with Crippen molar-refractivity contribution in [2.75, 3.05) is 19.6 Å². The molecule has 3 fully saturated rings. The van der Waals surface area contributed by atoms with Crippen LogP contribution in [-0.2, 0) is 44.8 Å². The smallest absolute Gasteiger partial charge is 0.246 e. The first-order chi connectivity index (χ1) is 52.4. The Morgan fingerprint density at radius 1 is 0.421 bits per heavy atom. The highest BCUT2D eigenvalue weighted by Gasteiger charge is 2.49. The van der Waals surface area contributed by atoms with Gasteiger partial charge in [0, 0.05) is 55.3 Å². The number of aliphatic hydroxyl groups excluding tert-OH is 3. The van der Waals surface area contributed by atoms with E-state index in [1.165, 1.54) is 9.80 Å². The minimum Gasteiger partial charge on any atom is -0.391 e. The number of aliphatic hydroxyl groups is 3. The van der Waals surface area contributed by atoms with Crippen LogP contribution in [0.15, 0.2) is 83.3 Å². The summed E-state index contributed by atoms with van der Waals surface area (Å²) in [7, 11) is 0. The number of amides is 8. The molecule has 6 heterocycles. The maximum Gasteiger partial charge on any atom is 0.246 e. The molecule has 114 heavy (non-hydrogen) atoms. The van der Waals surface area contributed by atoms with E-state index in [0.717, 1.165) is 77.1 Å². The number of nitrogens with zero attached hydrogens (tertiary/aromatic N) is 6. The van der Waals surface area contributed by atoms with Crippen molar-refractivity contribution in [1.29, 1.82) is 0 Å². The van der Waals surface area contributed by atoms with Gasteiger partial charge in [0.1, 0.15) is 30.2 Å². The third-order valence-electron chi connectivity index (χ3n) is 20.7. The molecule has 3 aliphatic heterocycles. The average Bonchev–Trinajstić information content (AvgIpc) is 1.66. The van der Waals surface area contributed by atoms with Crippen molar-refractivity contribution in [3.05, 3.63) is 123 Å². The molecule has 26 heteroatoms. The second kappa shape index (κ2) is 37.2. The lowest BCUT2D eigenvalue weighted by atomic mass is 9.84. The Balaban J connectivity index is 0.000000238. The molecule has 6 aromatic rings. The molecule has 23 nitrogen and oxygen atoms in total. The predicted molar refractivity (Wildman–Crippen MR) is 456 cm³/mol. The van der Waals surface area contributed by atoms with Gasteiger partial charge in [0.15, 0.2) is 0 Å². The molecule has 12 atom stereocenters. The van der Waals surface area contributed by atoms with E-state index in [1.54, 1.807) is 80.5 Å². The minimum absolute atomic E-state index is 0.0259. The van der Waals surface area contributed by atoms with E-state index in [9.17, 15) is 53.7 Å². The zero-order valence-corrected chi connectivity index (χ0v) is 74.9. The van der Waals surface area contributed by atoms with Crippen LogP contribution in [-0.4, -0.2) is 172 Å². The van der Waals surface area contributed by atoms with Gasteiger partial charge in [-0.3, -0.25) is 38.4 Å². The summed E-state index contributed by atoms with van der Waals surface area (Å²) >= 11 is 4.81. The average molecular weight is 1630 g/mol. The summed E-state index contributed by atoms with van der Waals surface area (Å²) in [6, 6.07) is 17.1. The van der Waals surface area contributed by atoms with Crippen LogP contribution in [0.1, 0.15) is 243 Å². The van der Waals surface area contributed by atoms with E-state index >= 15 is 0 Å². The Morgan fingerprint density at radius 2 is 0.719 bits per heavy atom. The van der Waals surface area contributed by atoms with E-state index in [-0.39, 0.29) is 121 Å². The van der Waals surface area contributed by atoms with Crippen LogP contribution >= 0.6 is 34.0 Å². The van der Waals surface area contributed by atoms with Gasteiger partial charge < -0.3 is 61.9 Å². The molecular formula is C88H130N12O11S3. The number of likely N-dealkylation sites (tertiary alicyclic amines) is 3. The Labute approximate surface area is 689 Å². The molecule has 8 amide bonds. The van der Waals surface area contributed by atoms with Crippen LogP contribution in [0.5, 0.6) is 0 Å². The molecule has 0 bridgehead atoms. The van der Waals surface area contributed by atoms with Crippen molar-refractivity contribution < 1.29 is 53.7 Å². The summed E-state index contributed by atoms with van der Waals surface area (Å²) in [6.07, 6.45) is -0.998. The van der Waals surface area contributed by atoms with Crippen molar-refractivity contribution in [2.24, 2.45) is 32.5 Å². The van der Waals surface area contributed by atoms with Crippen molar-refractivity contribution >= 4 is 81.3 Å². The van der Waals surface area contributed by atoms with Crippen LogP contribution in [0, 0.1) is 53.3 Å². The second-order valence-electron chi connectivity index (χ2n) is 38.8. The fraction of sp³-hybridized carbons (Fsp3) is 0.602. The monoisotopic (exact) mass is 1630 g/mol. The number of hydrogen-bond donors (Lipinski definition) is 9. The lowest BCUT2D eigenvalue weighted by Crippen LogP contribution is -2.60. The first-order valence-electron chi connectivity index (χ1n) is 39.8. The Bertz CT molecular complexity index is 4330. The van der Waals surface area contributed by atoms with E-state index in [2.05, 4.69) is 85.8 Å². The summed E-state index contributed by atoms with van der Waals surface area (Å²) in [5.41, 5.74) is 12.7. The van der Waals surface area contributed by atoms with Crippen molar-refractivity contribution in [2.45, 2.75) is 291 Å². The zero-order chi connectivity index (χ0) is 85.6. The van der Waals surface area contributed by atoms with Crippen molar-refractivity contribution in [3.8, 4) is 31.3 Å². The first kappa shape index (κ1) is 93.3. The van der Waals surface area contributed by atoms with Gasteiger partial charge >= 0.3 is 0 Å². The highest BCUT2D eigenvalue weighted by molar-refractivity contribution is 7.14. The van der Waals surface area contributed by atoms with E-state index in [4.69, 9.17) is 0 Å². The maximum absolute atomic E-state index is 13.9. The molecule has 3 aromatic heterocycles. The highest BCUT2D eigenvalue weighted by atomic mass is 32.1. The van der Waals surface area contributed by atoms with Gasteiger partial charge in [-0.2, -0.15) is 0 Å². The number of aryl methyl sites for hydroxylation is 3. The number of nitrogens with one attached hydrogen (secondary N) is 6. The SMILES string of the molecule is Cc1ncsc1-c1ccc([C@H](C)NC(=O)[C@@H]2C[C@@H](O)CN2C(=O)[C@@H](NC(=O)C(C)(C)C)C(C)(C)C)c(CC(C)(C)C)c1.Cc1ncsc1-c1ccc([C@H](C)NC(=O)[C@@H]2C[C@@H](O)CN2C(=O)[C@@H](NC(=O)C(C)(C)C)C(C)(C)C)cc1.Cc1ncsc1-c1ccc([C@H](C)NC(=O)[C@@H]2C[C@@H](O)CN2C(=O)[C@@H](NC(C)(C)C)C(C)(C)C)cc1. The number of carbonyl (C=O) groups excluding carboxylic acids is 8. The third-order valence-corrected chi connectivity index (χ3v) is 23.6. The zero-order valence-electron chi connectivity index (χ0n) is 72.5. The number of rotatable bonds is 19. The Morgan fingerprint density at radius 3 is 1.00 bits per heavy atom. The third kappa shape index (κ3) is 24.9. The van der Waals surface area contributed by atoms with Crippen LogP contribution < -0.4 is 31.9 Å². The molecule has 9 N–H and O–H groups in total. The second-order valence-corrected chi connectivity index (χ2v) is 41.4. The molecule has 3 aromatic carbocycles. The molecule has 0 saturated carbocycles. The van der Waals surface area contributed by atoms with Gasteiger partial charge in [0.05, 0.1) is 90.7 Å². The molecule has 3 aliphatic rings. The first-order valence-corrected chi connectivity index (χ1v) is 42.4. The van der Waals surface area contributed by atoms with Crippen molar-refractivity contribution in [3.63, 3.8) is 0 Å². The van der Waals surface area contributed by atoms with Gasteiger partial charge in [-0.15, -0.1) is 34.0 Å². The van der Waals surface area contributed by atoms with Crippen LogP contribution in [0.2, 0.25) is 0 Å². The largest absolute Gasteiger partial charge is 0.391 e. The summed E-state index contributed by atoms with van der Waals surface area (Å²) in [5.74, 6) is -2.24. The normalized spacial score (nSPS) is 19.9. The minimum atomic E-state index is -0.844. The summed E-state index contributed by atoms with van der Waals surface area (Å²) in [4.78, 5) is 128. The fourth-order valence-electron chi connectivity index (χ4n) is 14.1. The summed E-state index contributed by atoms with van der Waals surface area (Å²) < 4.78 is 0. The molecule has 0 aliphatic carbocycles. The number of thiazole rings is 3. The molecule has 0 spiro atoms. The van der Waals surface area contributed by atoms with Crippen molar-refractivity contribution in [1.82, 2.24) is 61.6 Å². The molecule has 9 rings (SSSR count). The topological polar surface area (TPSA) is 318 Å². The Hall–Kier alpha value is -7.85. The molecule has 0 radical (unpaired) electrons. The standard InChI is InChI=1S/C33H50N4O4S.C28H40N4O4S.C27H40N4O3S/c1-19(24-13-12-21(26-20(2)34-18-42-26)14-22(24)16-31(3,4)5)35-28(39)25-15-23(38)17-37(25)29(40)27(32(6,7)8)36-30(41)33(9,10)11;1-16(18-9-11-19(12-10-18)22-17(2)29-15-37-22)30-24(34)21-13-20(33)14-32(21)25(35)23(27(3,4)5)31-26(36)28(6,7)8;1-16(18-9-11-19(12-10-18)22-17(2)28-15-35-22)29-24(33)21-13-20(32)14-31(21)25(34)23(26(3,4)5)30-27(6,7)8/h12-14,18-19,23,25,27,38H,15-17H2,1-11H3,(H,35,39)(H,36,41);9-12,15-16,20-21,23,33H,13-14H2,1-8H3,(H,30,34)(H,31,36);9-12,15-16,20-21,23,30,32H,13-14H2,1-8H3,(H,29,33)/t19-,23+,25-,27+;2*16-,20+,21-,23+/m000/s1. The quantitative estimate of drug-likeness (QED) is 0.0364. The number of aromatic nitrogens is 3. The Kier molecular flexibility index (Phi) is 30.4. The summed E-state index contributed by atoms with van der Waals surface area (Å²) in [6.45, 7) is 52.7. The van der Waals surface area contributed by atoms with Gasteiger partial charge in [0.2, 0.25) is 47.3 Å². The van der Waals surface area contributed by atoms with Crippen LogP contribution in [0.25, 0.3) is 31.3 Å². The van der Waals surface area contributed by atoms with E-state index in [0.29, 0.717) is 0 Å². The molecular weight excluding hydrogens is 1500 g/mol.